The molecular formula is C16H32N2O. The Morgan fingerprint density at radius 2 is 2.21 bits per heavy atom. The molecule has 0 aliphatic carbocycles. The van der Waals surface area contributed by atoms with Crippen molar-refractivity contribution in [2.24, 2.45) is 5.92 Å². The van der Waals surface area contributed by atoms with E-state index in [0.717, 1.165) is 31.7 Å². The SMILES string of the molecule is CCCC1CNC(C(C)CC)CN1CC1CCCO1. The first-order valence-electron chi connectivity index (χ1n) is 8.33. The van der Waals surface area contributed by atoms with E-state index in [1.807, 2.05) is 0 Å². The van der Waals surface area contributed by atoms with Gasteiger partial charge in [0.05, 0.1) is 6.10 Å². The average Bonchev–Trinajstić information content (AvgIpc) is 2.93. The molecule has 19 heavy (non-hydrogen) atoms. The van der Waals surface area contributed by atoms with E-state index in [1.54, 1.807) is 0 Å². The molecule has 2 saturated heterocycles. The largest absolute Gasteiger partial charge is 0.377 e. The highest BCUT2D eigenvalue weighted by Gasteiger charge is 2.31. The van der Waals surface area contributed by atoms with Crippen molar-refractivity contribution in [2.75, 3.05) is 26.2 Å². The summed E-state index contributed by atoms with van der Waals surface area (Å²) in [6, 6.07) is 1.38. The minimum Gasteiger partial charge on any atom is -0.377 e. The number of nitrogens with one attached hydrogen (secondary N) is 1. The molecule has 2 aliphatic rings. The van der Waals surface area contributed by atoms with Crippen molar-refractivity contribution in [2.45, 2.75) is 71.1 Å². The predicted molar refractivity (Wildman–Crippen MR) is 80.5 cm³/mol. The molecule has 2 heterocycles. The molecule has 4 unspecified atom stereocenters. The molecule has 0 radical (unpaired) electrons. The second kappa shape index (κ2) is 7.61. The lowest BCUT2D eigenvalue weighted by Gasteiger charge is -2.43. The lowest BCUT2D eigenvalue weighted by molar-refractivity contribution is 0.0307. The normalized spacial score (nSPS) is 34.6. The second-order valence-corrected chi connectivity index (χ2v) is 6.43. The van der Waals surface area contributed by atoms with Crippen molar-refractivity contribution < 1.29 is 4.74 Å². The Hall–Kier alpha value is -0.120. The van der Waals surface area contributed by atoms with E-state index in [1.165, 1.54) is 38.6 Å². The van der Waals surface area contributed by atoms with Gasteiger partial charge in [-0.1, -0.05) is 33.6 Å². The molecule has 2 fully saturated rings. The summed E-state index contributed by atoms with van der Waals surface area (Å²) in [5, 5.41) is 3.78. The fourth-order valence-corrected chi connectivity index (χ4v) is 3.44. The topological polar surface area (TPSA) is 24.5 Å². The van der Waals surface area contributed by atoms with Crippen molar-refractivity contribution in [1.29, 1.82) is 0 Å². The summed E-state index contributed by atoms with van der Waals surface area (Å²) in [5.41, 5.74) is 0. The maximum absolute atomic E-state index is 5.84. The summed E-state index contributed by atoms with van der Waals surface area (Å²) in [5.74, 6) is 0.773. The Bertz CT molecular complexity index is 253. The van der Waals surface area contributed by atoms with Gasteiger partial charge in [-0.05, 0) is 25.2 Å². The van der Waals surface area contributed by atoms with Crippen LogP contribution in [-0.4, -0.2) is 49.3 Å². The molecule has 0 aromatic carbocycles. The molecular weight excluding hydrogens is 236 g/mol. The number of ether oxygens (including phenoxy) is 1. The molecule has 0 saturated carbocycles. The molecule has 0 bridgehead atoms. The lowest BCUT2D eigenvalue weighted by Crippen LogP contribution is -2.59. The van der Waals surface area contributed by atoms with E-state index >= 15 is 0 Å². The standard InChI is InChI=1S/C16H32N2O/c1-4-7-14-10-17-16(13(3)5-2)12-18(14)11-15-8-6-9-19-15/h13-17H,4-12H2,1-3H3. The van der Waals surface area contributed by atoms with Gasteiger partial charge in [-0.2, -0.15) is 0 Å². The van der Waals surface area contributed by atoms with Gasteiger partial charge in [-0.25, -0.2) is 0 Å². The van der Waals surface area contributed by atoms with Gasteiger partial charge in [0.25, 0.3) is 0 Å². The van der Waals surface area contributed by atoms with Crippen molar-refractivity contribution in [3.05, 3.63) is 0 Å². The molecule has 112 valence electrons. The van der Waals surface area contributed by atoms with Gasteiger partial charge in [-0.15, -0.1) is 0 Å². The number of rotatable bonds is 6. The fourth-order valence-electron chi connectivity index (χ4n) is 3.44. The van der Waals surface area contributed by atoms with E-state index in [0.29, 0.717) is 12.1 Å². The first-order valence-corrected chi connectivity index (χ1v) is 8.33. The monoisotopic (exact) mass is 268 g/mol. The average molecular weight is 268 g/mol. The van der Waals surface area contributed by atoms with Gasteiger partial charge in [0.15, 0.2) is 0 Å². The number of piperazine rings is 1. The molecule has 4 atom stereocenters. The Morgan fingerprint density at radius 3 is 2.84 bits per heavy atom. The third-order valence-electron chi connectivity index (χ3n) is 4.98. The lowest BCUT2D eigenvalue weighted by atomic mass is 9.94. The Labute approximate surface area is 119 Å². The molecule has 3 nitrogen and oxygen atoms in total. The Balaban J connectivity index is 1.91. The van der Waals surface area contributed by atoms with E-state index in [4.69, 9.17) is 4.74 Å². The number of hydrogen-bond acceptors (Lipinski definition) is 3. The molecule has 0 amide bonds. The summed E-state index contributed by atoms with van der Waals surface area (Å²) in [7, 11) is 0. The highest BCUT2D eigenvalue weighted by Crippen LogP contribution is 2.21. The third-order valence-corrected chi connectivity index (χ3v) is 4.98. The first kappa shape index (κ1) is 15.3. The van der Waals surface area contributed by atoms with E-state index in [2.05, 4.69) is 31.0 Å². The van der Waals surface area contributed by atoms with Crippen LogP contribution in [0.1, 0.15) is 52.9 Å². The smallest absolute Gasteiger partial charge is 0.0702 e. The van der Waals surface area contributed by atoms with Crippen LogP contribution in [0.15, 0.2) is 0 Å². The van der Waals surface area contributed by atoms with E-state index < -0.39 is 0 Å². The molecule has 1 N–H and O–H groups in total. The maximum Gasteiger partial charge on any atom is 0.0702 e. The van der Waals surface area contributed by atoms with Gasteiger partial charge < -0.3 is 10.1 Å². The van der Waals surface area contributed by atoms with Crippen molar-refractivity contribution in [3.63, 3.8) is 0 Å². The minimum absolute atomic E-state index is 0.495. The van der Waals surface area contributed by atoms with Crippen LogP contribution in [0.3, 0.4) is 0 Å². The van der Waals surface area contributed by atoms with Crippen molar-refractivity contribution >= 4 is 0 Å². The number of nitrogens with zero attached hydrogens (tertiary/aromatic N) is 1. The molecule has 0 spiro atoms. The maximum atomic E-state index is 5.84. The predicted octanol–water partition coefficient (Wildman–Crippen LogP) is 2.65. The number of hydrogen-bond donors (Lipinski definition) is 1. The first-order chi connectivity index (χ1) is 9.24. The van der Waals surface area contributed by atoms with Gasteiger partial charge in [0.1, 0.15) is 0 Å². The van der Waals surface area contributed by atoms with Gasteiger partial charge >= 0.3 is 0 Å². The van der Waals surface area contributed by atoms with Crippen LogP contribution in [0.25, 0.3) is 0 Å². The Kier molecular flexibility index (Phi) is 6.11. The summed E-state index contributed by atoms with van der Waals surface area (Å²) < 4.78 is 5.84. The van der Waals surface area contributed by atoms with Gasteiger partial charge in [-0.3, -0.25) is 4.90 Å². The molecule has 0 aromatic heterocycles. The van der Waals surface area contributed by atoms with Crippen molar-refractivity contribution in [1.82, 2.24) is 10.2 Å². The van der Waals surface area contributed by atoms with Crippen LogP contribution in [0, 0.1) is 5.92 Å². The van der Waals surface area contributed by atoms with E-state index in [-0.39, 0.29) is 0 Å². The fraction of sp³-hybridized carbons (Fsp3) is 1.00. The van der Waals surface area contributed by atoms with Crippen LogP contribution >= 0.6 is 0 Å². The molecule has 2 rings (SSSR count). The van der Waals surface area contributed by atoms with Crippen LogP contribution in [0.2, 0.25) is 0 Å². The summed E-state index contributed by atoms with van der Waals surface area (Å²) in [6.07, 6.45) is 6.87. The van der Waals surface area contributed by atoms with Crippen molar-refractivity contribution in [3.8, 4) is 0 Å². The zero-order chi connectivity index (χ0) is 13.7. The van der Waals surface area contributed by atoms with Gasteiger partial charge in [0, 0.05) is 38.3 Å². The van der Waals surface area contributed by atoms with Crippen LogP contribution < -0.4 is 5.32 Å². The molecule has 0 aromatic rings. The summed E-state index contributed by atoms with van der Waals surface area (Å²) in [4.78, 5) is 2.72. The highest BCUT2D eigenvalue weighted by atomic mass is 16.5. The third kappa shape index (κ3) is 4.17. The van der Waals surface area contributed by atoms with E-state index in [9.17, 15) is 0 Å². The summed E-state index contributed by atoms with van der Waals surface area (Å²) >= 11 is 0. The second-order valence-electron chi connectivity index (χ2n) is 6.43. The van der Waals surface area contributed by atoms with Gasteiger partial charge in [0.2, 0.25) is 0 Å². The molecule has 2 aliphatic heterocycles. The minimum atomic E-state index is 0.495. The summed E-state index contributed by atoms with van der Waals surface area (Å²) in [6.45, 7) is 11.5. The zero-order valence-electron chi connectivity index (χ0n) is 13.0. The highest BCUT2D eigenvalue weighted by molar-refractivity contribution is 4.89. The Morgan fingerprint density at radius 1 is 1.37 bits per heavy atom. The van der Waals surface area contributed by atoms with Crippen LogP contribution in [0.4, 0.5) is 0 Å². The van der Waals surface area contributed by atoms with Crippen LogP contribution in [-0.2, 0) is 4.74 Å². The molecule has 3 heteroatoms. The van der Waals surface area contributed by atoms with Crippen LogP contribution in [0.5, 0.6) is 0 Å². The zero-order valence-corrected chi connectivity index (χ0v) is 13.0. The quantitative estimate of drug-likeness (QED) is 0.801.